The Kier molecular flexibility index (Phi) is 6.92. The van der Waals surface area contributed by atoms with Crippen LogP contribution in [0.2, 0.25) is 0 Å². The molecule has 1 saturated heterocycles. The Morgan fingerprint density at radius 3 is 2.74 bits per heavy atom. The molecule has 1 aliphatic heterocycles. The van der Waals surface area contributed by atoms with Gasteiger partial charge in [-0.2, -0.15) is 0 Å². The predicted octanol–water partition coefficient (Wildman–Crippen LogP) is 4.49. The first-order valence-electron chi connectivity index (χ1n) is 10.6. The zero-order chi connectivity index (χ0) is 21.5. The maximum absolute atomic E-state index is 11.9. The second-order valence-electron chi connectivity index (χ2n) is 7.62. The second-order valence-corrected chi connectivity index (χ2v) is 7.62. The fourth-order valence-electron chi connectivity index (χ4n) is 3.48. The topological polar surface area (TPSA) is 65.4 Å². The van der Waals surface area contributed by atoms with Gasteiger partial charge in [0.1, 0.15) is 5.82 Å². The van der Waals surface area contributed by atoms with Gasteiger partial charge in [0.25, 0.3) is 5.91 Å². The van der Waals surface area contributed by atoms with Crippen LogP contribution in [0.3, 0.4) is 0 Å². The molecule has 2 aromatic carbocycles. The van der Waals surface area contributed by atoms with Gasteiger partial charge in [0.15, 0.2) is 6.29 Å². The van der Waals surface area contributed by atoms with Crippen LogP contribution in [-0.4, -0.2) is 28.4 Å². The van der Waals surface area contributed by atoms with E-state index in [0.717, 1.165) is 48.5 Å². The molecule has 1 N–H and O–H groups in total. The molecular weight excluding hydrogens is 390 g/mol. The van der Waals surface area contributed by atoms with Gasteiger partial charge in [0.2, 0.25) is 0 Å². The van der Waals surface area contributed by atoms with E-state index in [1.54, 1.807) is 6.08 Å². The zero-order valence-electron chi connectivity index (χ0n) is 17.7. The standard InChI is InChI=1S/C25H27N3O3/c1-19-26-23(22-7-3-2-4-8-22)18-28(19)17-21-12-10-20(11-13-21)14-15-24(29)27-31-25-9-5-6-16-30-25/h2-4,7-8,10-15,18,25H,5-6,9,16-17H2,1H3,(H,27,29). The van der Waals surface area contributed by atoms with E-state index in [1.165, 1.54) is 11.6 Å². The number of amides is 1. The van der Waals surface area contributed by atoms with Crippen molar-refractivity contribution >= 4 is 12.0 Å². The predicted molar refractivity (Wildman–Crippen MR) is 120 cm³/mol. The molecule has 1 atom stereocenters. The Hall–Kier alpha value is -3.22. The third kappa shape index (κ3) is 5.90. The third-order valence-electron chi connectivity index (χ3n) is 5.23. The van der Waals surface area contributed by atoms with Crippen LogP contribution in [0.1, 0.15) is 36.2 Å². The summed E-state index contributed by atoms with van der Waals surface area (Å²) < 4.78 is 7.56. The van der Waals surface area contributed by atoms with Gasteiger partial charge < -0.3 is 9.30 Å². The van der Waals surface area contributed by atoms with Crippen molar-refractivity contribution in [2.75, 3.05) is 6.61 Å². The van der Waals surface area contributed by atoms with E-state index in [4.69, 9.17) is 9.57 Å². The summed E-state index contributed by atoms with van der Waals surface area (Å²) in [6, 6.07) is 18.3. The van der Waals surface area contributed by atoms with E-state index in [0.29, 0.717) is 6.61 Å². The van der Waals surface area contributed by atoms with Crippen LogP contribution in [0.4, 0.5) is 0 Å². The lowest BCUT2D eigenvalue weighted by atomic mass is 10.1. The number of imidazole rings is 1. The Morgan fingerprint density at radius 2 is 2.00 bits per heavy atom. The number of nitrogens with zero attached hydrogens (tertiary/aromatic N) is 2. The number of hydrogen-bond acceptors (Lipinski definition) is 4. The summed E-state index contributed by atoms with van der Waals surface area (Å²) >= 11 is 0. The minimum absolute atomic E-state index is 0.305. The molecule has 160 valence electrons. The number of ether oxygens (including phenoxy) is 1. The number of hydroxylamine groups is 1. The average molecular weight is 418 g/mol. The van der Waals surface area contributed by atoms with Crippen molar-refractivity contribution in [3.05, 3.63) is 83.8 Å². The molecule has 0 saturated carbocycles. The largest absolute Gasteiger partial charge is 0.350 e. The molecule has 0 radical (unpaired) electrons. The van der Waals surface area contributed by atoms with Gasteiger partial charge in [-0.3, -0.25) is 4.79 Å². The molecule has 0 aliphatic carbocycles. The molecule has 6 heteroatoms. The van der Waals surface area contributed by atoms with Crippen molar-refractivity contribution in [2.24, 2.45) is 0 Å². The summed E-state index contributed by atoms with van der Waals surface area (Å²) in [5.41, 5.74) is 6.63. The first-order valence-corrected chi connectivity index (χ1v) is 10.6. The number of benzene rings is 2. The van der Waals surface area contributed by atoms with Crippen LogP contribution in [0.5, 0.6) is 0 Å². The van der Waals surface area contributed by atoms with Crippen molar-refractivity contribution in [1.29, 1.82) is 0 Å². The number of carbonyl (C=O) groups excluding carboxylic acids is 1. The first kappa shape index (κ1) is 21.0. The van der Waals surface area contributed by atoms with Gasteiger partial charge in [-0.15, -0.1) is 0 Å². The number of aromatic nitrogens is 2. The highest BCUT2D eigenvalue weighted by Gasteiger charge is 2.15. The number of nitrogens with one attached hydrogen (secondary N) is 1. The van der Waals surface area contributed by atoms with Gasteiger partial charge in [0, 0.05) is 37.4 Å². The monoisotopic (exact) mass is 417 g/mol. The van der Waals surface area contributed by atoms with Gasteiger partial charge >= 0.3 is 0 Å². The molecule has 2 heterocycles. The molecule has 0 spiro atoms. The van der Waals surface area contributed by atoms with Crippen molar-refractivity contribution < 1.29 is 14.4 Å². The van der Waals surface area contributed by atoms with Crippen LogP contribution in [0, 0.1) is 6.92 Å². The maximum Gasteiger partial charge on any atom is 0.267 e. The minimum atomic E-state index is -0.348. The Bertz CT molecular complexity index is 1020. The van der Waals surface area contributed by atoms with E-state index in [1.807, 2.05) is 37.3 Å². The summed E-state index contributed by atoms with van der Waals surface area (Å²) in [7, 11) is 0. The maximum atomic E-state index is 11.9. The summed E-state index contributed by atoms with van der Waals surface area (Å²) in [6.07, 6.45) is 7.85. The van der Waals surface area contributed by atoms with Crippen LogP contribution in [0.25, 0.3) is 17.3 Å². The minimum Gasteiger partial charge on any atom is -0.350 e. The quantitative estimate of drug-likeness (QED) is 0.454. The normalized spacial score (nSPS) is 16.5. The highest BCUT2D eigenvalue weighted by atomic mass is 16.8. The molecular formula is C25H27N3O3. The Morgan fingerprint density at radius 1 is 1.19 bits per heavy atom. The first-order chi connectivity index (χ1) is 15.2. The van der Waals surface area contributed by atoms with Crippen molar-refractivity contribution in [3.8, 4) is 11.3 Å². The fraction of sp³-hybridized carbons (Fsp3) is 0.280. The SMILES string of the molecule is Cc1nc(-c2ccccc2)cn1Cc1ccc(C=CC(=O)NOC2CCCCO2)cc1. The molecule has 1 aliphatic rings. The Labute approximate surface area is 182 Å². The van der Waals surface area contributed by atoms with Crippen LogP contribution >= 0.6 is 0 Å². The van der Waals surface area contributed by atoms with E-state index in [2.05, 4.69) is 45.5 Å². The second kappa shape index (κ2) is 10.2. The molecule has 1 aromatic heterocycles. The summed E-state index contributed by atoms with van der Waals surface area (Å²) in [5.74, 6) is 0.669. The van der Waals surface area contributed by atoms with E-state index in [9.17, 15) is 4.79 Å². The molecule has 6 nitrogen and oxygen atoms in total. The lowest BCUT2D eigenvalue weighted by Crippen LogP contribution is -2.32. The molecule has 31 heavy (non-hydrogen) atoms. The van der Waals surface area contributed by atoms with Gasteiger partial charge in [-0.05, 0) is 37.0 Å². The van der Waals surface area contributed by atoms with Gasteiger partial charge in [-0.25, -0.2) is 15.3 Å². The summed E-state index contributed by atoms with van der Waals surface area (Å²) in [5, 5.41) is 0. The summed E-state index contributed by atoms with van der Waals surface area (Å²) in [4.78, 5) is 21.9. The molecule has 4 rings (SSSR count). The third-order valence-corrected chi connectivity index (χ3v) is 5.23. The van der Waals surface area contributed by atoms with E-state index in [-0.39, 0.29) is 12.2 Å². The number of rotatable bonds is 7. The molecule has 3 aromatic rings. The zero-order valence-corrected chi connectivity index (χ0v) is 17.7. The smallest absolute Gasteiger partial charge is 0.267 e. The van der Waals surface area contributed by atoms with Crippen molar-refractivity contribution in [2.45, 2.75) is 39.0 Å². The Balaban J connectivity index is 1.31. The van der Waals surface area contributed by atoms with Gasteiger partial charge in [0.05, 0.1) is 5.69 Å². The molecule has 1 amide bonds. The van der Waals surface area contributed by atoms with Crippen LogP contribution < -0.4 is 5.48 Å². The number of hydrogen-bond donors (Lipinski definition) is 1. The number of carbonyl (C=O) groups is 1. The van der Waals surface area contributed by atoms with E-state index >= 15 is 0 Å². The summed E-state index contributed by atoms with van der Waals surface area (Å²) in [6.45, 7) is 3.43. The number of aryl methyl sites for hydroxylation is 1. The fourth-order valence-corrected chi connectivity index (χ4v) is 3.48. The molecule has 1 fully saturated rings. The highest BCUT2D eigenvalue weighted by Crippen LogP contribution is 2.19. The lowest BCUT2D eigenvalue weighted by molar-refractivity contribution is -0.198. The average Bonchev–Trinajstić information content (AvgIpc) is 3.18. The lowest BCUT2D eigenvalue weighted by Gasteiger charge is -2.21. The van der Waals surface area contributed by atoms with Crippen LogP contribution in [0.15, 0.2) is 66.9 Å². The van der Waals surface area contributed by atoms with Gasteiger partial charge in [-0.1, -0.05) is 54.6 Å². The van der Waals surface area contributed by atoms with Crippen molar-refractivity contribution in [1.82, 2.24) is 15.0 Å². The molecule has 0 bridgehead atoms. The van der Waals surface area contributed by atoms with Crippen molar-refractivity contribution in [3.63, 3.8) is 0 Å². The highest BCUT2D eigenvalue weighted by molar-refractivity contribution is 5.90. The molecule has 1 unspecified atom stereocenters. The van der Waals surface area contributed by atoms with Crippen LogP contribution in [-0.2, 0) is 20.9 Å². The van der Waals surface area contributed by atoms with E-state index < -0.39 is 0 Å².